The molecule has 2 aliphatic carbocycles. The Balaban J connectivity index is 1.38. The summed E-state index contributed by atoms with van der Waals surface area (Å²) in [5.74, 6) is 2.88. The van der Waals surface area contributed by atoms with E-state index in [9.17, 15) is 0 Å². The predicted octanol–water partition coefficient (Wildman–Crippen LogP) is 4.32. The highest BCUT2D eigenvalue weighted by Crippen LogP contribution is 2.50. The lowest BCUT2D eigenvalue weighted by atomic mass is 9.68. The van der Waals surface area contributed by atoms with Crippen LogP contribution in [0.3, 0.4) is 0 Å². The number of hydrogen-bond acceptors (Lipinski definition) is 2. The number of fused-ring (bicyclic) bond motifs is 2. The van der Waals surface area contributed by atoms with E-state index >= 15 is 0 Å². The third kappa shape index (κ3) is 2.78. The Hall–Kier alpha value is -0.0800. The number of epoxide rings is 2. The molecular weight excluding hydrogens is 248 g/mol. The molecule has 114 valence electrons. The Morgan fingerprint density at radius 3 is 1.90 bits per heavy atom. The molecule has 0 bridgehead atoms. The lowest BCUT2D eigenvalue weighted by Crippen LogP contribution is -2.31. The molecule has 20 heavy (non-hydrogen) atoms. The molecule has 2 heteroatoms. The van der Waals surface area contributed by atoms with Crippen LogP contribution in [-0.4, -0.2) is 24.4 Å². The van der Waals surface area contributed by atoms with Gasteiger partial charge in [-0.1, -0.05) is 26.2 Å². The first-order valence-corrected chi connectivity index (χ1v) is 9.16. The fourth-order valence-electron chi connectivity index (χ4n) is 5.13. The van der Waals surface area contributed by atoms with Gasteiger partial charge in [-0.15, -0.1) is 0 Å². The second-order valence-corrected chi connectivity index (χ2v) is 7.73. The number of unbranched alkanes of at least 4 members (excludes halogenated alkanes) is 2. The minimum Gasteiger partial charge on any atom is -0.370 e. The Kier molecular flexibility index (Phi) is 3.80. The first-order chi connectivity index (χ1) is 9.85. The van der Waals surface area contributed by atoms with Crippen molar-refractivity contribution in [2.75, 3.05) is 0 Å². The van der Waals surface area contributed by atoms with Gasteiger partial charge in [0.25, 0.3) is 0 Å². The number of ether oxygens (including phenoxy) is 2. The predicted molar refractivity (Wildman–Crippen MR) is 79.6 cm³/mol. The summed E-state index contributed by atoms with van der Waals surface area (Å²) in [6.45, 7) is 2.32. The molecule has 6 atom stereocenters. The normalized spacial score (nSPS) is 47.2. The van der Waals surface area contributed by atoms with Crippen molar-refractivity contribution in [1.82, 2.24) is 0 Å². The fourth-order valence-corrected chi connectivity index (χ4v) is 5.13. The van der Waals surface area contributed by atoms with Crippen LogP contribution in [-0.2, 0) is 9.47 Å². The van der Waals surface area contributed by atoms with Gasteiger partial charge in [-0.3, -0.25) is 0 Å². The van der Waals surface area contributed by atoms with Gasteiger partial charge in [0, 0.05) is 0 Å². The summed E-state index contributed by atoms with van der Waals surface area (Å²) in [5, 5.41) is 0. The zero-order valence-electron chi connectivity index (χ0n) is 12.9. The van der Waals surface area contributed by atoms with Gasteiger partial charge in [0.05, 0.1) is 24.4 Å². The number of hydrogen-bond donors (Lipinski definition) is 0. The highest BCUT2D eigenvalue weighted by molar-refractivity contribution is 4.98. The molecule has 2 heterocycles. The maximum Gasteiger partial charge on any atom is 0.0844 e. The number of rotatable bonds is 6. The molecule has 4 rings (SSSR count). The minimum atomic E-state index is 0.649. The molecule has 0 aromatic carbocycles. The molecule has 2 saturated heterocycles. The largest absolute Gasteiger partial charge is 0.370 e. The standard InChI is InChI=1S/C18H30O2/c1-2-3-4-5-14(12-6-8-15-17(10-12)19-15)13-7-9-16-18(11-13)20-16/h12-18H,2-11H2,1H3. The molecule has 0 aromatic heterocycles. The van der Waals surface area contributed by atoms with E-state index in [1.54, 1.807) is 0 Å². The Morgan fingerprint density at radius 2 is 1.40 bits per heavy atom. The third-order valence-electron chi connectivity index (χ3n) is 6.44. The van der Waals surface area contributed by atoms with E-state index in [4.69, 9.17) is 9.47 Å². The third-order valence-corrected chi connectivity index (χ3v) is 6.44. The van der Waals surface area contributed by atoms with Crippen molar-refractivity contribution in [2.45, 2.75) is 95.5 Å². The summed E-state index contributed by atoms with van der Waals surface area (Å²) in [6, 6.07) is 0. The summed E-state index contributed by atoms with van der Waals surface area (Å²) >= 11 is 0. The van der Waals surface area contributed by atoms with Gasteiger partial charge in [0.2, 0.25) is 0 Å². The smallest absolute Gasteiger partial charge is 0.0844 e. The van der Waals surface area contributed by atoms with Gasteiger partial charge in [-0.25, -0.2) is 0 Å². The van der Waals surface area contributed by atoms with E-state index in [0.717, 1.165) is 17.8 Å². The van der Waals surface area contributed by atoms with Crippen molar-refractivity contribution in [3.05, 3.63) is 0 Å². The van der Waals surface area contributed by atoms with Crippen LogP contribution in [0.1, 0.15) is 71.1 Å². The monoisotopic (exact) mass is 278 g/mol. The molecule has 0 N–H and O–H groups in total. The van der Waals surface area contributed by atoms with Crippen molar-refractivity contribution < 1.29 is 9.47 Å². The van der Waals surface area contributed by atoms with Crippen LogP contribution in [0.15, 0.2) is 0 Å². The maximum absolute atomic E-state index is 5.78. The zero-order valence-corrected chi connectivity index (χ0v) is 12.9. The van der Waals surface area contributed by atoms with Crippen LogP contribution in [0.2, 0.25) is 0 Å². The average molecular weight is 278 g/mol. The topological polar surface area (TPSA) is 25.1 Å². The molecule has 0 amide bonds. The van der Waals surface area contributed by atoms with E-state index in [0.29, 0.717) is 24.4 Å². The molecule has 4 fully saturated rings. The Morgan fingerprint density at radius 1 is 0.800 bits per heavy atom. The first kappa shape index (κ1) is 13.6. The van der Waals surface area contributed by atoms with E-state index in [-0.39, 0.29) is 0 Å². The van der Waals surface area contributed by atoms with Crippen molar-refractivity contribution in [1.29, 1.82) is 0 Å². The quantitative estimate of drug-likeness (QED) is 0.534. The molecule has 2 nitrogen and oxygen atoms in total. The maximum atomic E-state index is 5.78. The molecule has 0 aromatic rings. The lowest BCUT2D eigenvalue weighted by Gasteiger charge is -2.36. The highest BCUT2D eigenvalue weighted by atomic mass is 16.6. The molecule has 2 saturated carbocycles. The van der Waals surface area contributed by atoms with Gasteiger partial charge in [-0.05, 0) is 62.7 Å². The fraction of sp³-hybridized carbons (Fsp3) is 1.00. The van der Waals surface area contributed by atoms with Crippen molar-refractivity contribution in [3.8, 4) is 0 Å². The van der Waals surface area contributed by atoms with Crippen LogP contribution in [0.4, 0.5) is 0 Å². The van der Waals surface area contributed by atoms with Gasteiger partial charge < -0.3 is 9.47 Å². The summed E-state index contributed by atoms with van der Waals surface area (Å²) in [4.78, 5) is 0. The first-order valence-electron chi connectivity index (χ1n) is 9.16. The Labute approximate surface area is 123 Å². The van der Waals surface area contributed by atoms with E-state index in [1.165, 1.54) is 64.2 Å². The van der Waals surface area contributed by atoms with Gasteiger partial charge in [0.15, 0.2) is 0 Å². The van der Waals surface area contributed by atoms with Gasteiger partial charge in [-0.2, -0.15) is 0 Å². The van der Waals surface area contributed by atoms with Crippen molar-refractivity contribution >= 4 is 0 Å². The van der Waals surface area contributed by atoms with Crippen LogP contribution in [0, 0.1) is 17.8 Å². The molecule has 0 spiro atoms. The second kappa shape index (κ2) is 5.61. The minimum absolute atomic E-state index is 0.649. The van der Waals surface area contributed by atoms with Crippen molar-refractivity contribution in [2.24, 2.45) is 17.8 Å². The van der Waals surface area contributed by atoms with Crippen LogP contribution in [0.5, 0.6) is 0 Å². The highest BCUT2D eigenvalue weighted by Gasteiger charge is 2.50. The van der Waals surface area contributed by atoms with Crippen molar-refractivity contribution in [3.63, 3.8) is 0 Å². The average Bonchev–Trinajstić information content (AvgIpc) is 3.35. The van der Waals surface area contributed by atoms with Gasteiger partial charge >= 0.3 is 0 Å². The van der Waals surface area contributed by atoms with Crippen LogP contribution < -0.4 is 0 Å². The lowest BCUT2D eigenvalue weighted by molar-refractivity contribution is 0.144. The molecular formula is C18H30O2. The SMILES string of the molecule is CCCCCC(C1CCC2OC2C1)C1CCC2OC2C1. The Bertz CT molecular complexity index is 314. The van der Waals surface area contributed by atoms with Crippen LogP contribution >= 0.6 is 0 Å². The summed E-state index contributed by atoms with van der Waals surface area (Å²) < 4.78 is 11.6. The van der Waals surface area contributed by atoms with E-state index in [2.05, 4.69) is 6.92 Å². The second-order valence-electron chi connectivity index (χ2n) is 7.73. The molecule has 4 aliphatic rings. The molecule has 0 radical (unpaired) electrons. The summed E-state index contributed by atoms with van der Waals surface area (Å²) in [5.41, 5.74) is 0. The molecule has 6 unspecified atom stereocenters. The summed E-state index contributed by atoms with van der Waals surface area (Å²) in [7, 11) is 0. The van der Waals surface area contributed by atoms with E-state index < -0.39 is 0 Å². The van der Waals surface area contributed by atoms with Gasteiger partial charge in [0.1, 0.15) is 0 Å². The van der Waals surface area contributed by atoms with E-state index in [1.807, 2.05) is 0 Å². The summed E-state index contributed by atoms with van der Waals surface area (Å²) in [6.07, 6.45) is 16.6. The molecule has 2 aliphatic heterocycles. The van der Waals surface area contributed by atoms with Crippen LogP contribution in [0.25, 0.3) is 0 Å². The zero-order chi connectivity index (χ0) is 13.5.